The summed E-state index contributed by atoms with van der Waals surface area (Å²) in [5.41, 5.74) is 2.34. The number of aliphatic hydroxyl groups excluding tert-OH is 1. The SMILES string of the molecule is O[C@H](COCc1ccc(Cl)cc1)CN1CCN(c2ccccc2)CC1. The maximum atomic E-state index is 10.2. The summed E-state index contributed by atoms with van der Waals surface area (Å²) in [6, 6.07) is 18.1. The smallest absolute Gasteiger partial charge is 0.0900 e. The molecule has 0 aliphatic carbocycles. The number of hydrogen-bond donors (Lipinski definition) is 1. The van der Waals surface area contributed by atoms with Gasteiger partial charge in [0.2, 0.25) is 0 Å². The number of halogens is 1. The van der Waals surface area contributed by atoms with Crippen LogP contribution in [0.4, 0.5) is 5.69 Å². The monoisotopic (exact) mass is 360 g/mol. The van der Waals surface area contributed by atoms with Gasteiger partial charge in [0.05, 0.1) is 19.3 Å². The third-order valence-corrected chi connectivity index (χ3v) is 4.71. The molecule has 3 rings (SSSR count). The lowest BCUT2D eigenvalue weighted by Crippen LogP contribution is -2.49. The van der Waals surface area contributed by atoms with Crippen molar-refractivity contribution in [3.8, 4) is 0 Å². The van der Waals surface area contributed by atoms with Gasteiger partial charge < -0.3 is 14.7 Å². The zero-order chi connectivity index (χ0) is 17.5. The van der Waals surface area contributed by atoms with Crippen LogP contribution >= 0.6 is 11.6 Å². The minimum atomic E-state index is -0.462. The largest absolute Gasteiger partial charge is 0.389 e. The van der Waals surface area contributed by atoms with Gasteiger partial charge in [-0.1, -0.05) is 41.9 Å². The predicted molar refractivity (Wildman–Crippen MR) is 102 cm³/mol. The van der Waals surface area contributed by atoms with Crippen LogP contribution in [-0.4, -0.2) is 55.4 Å². The van der Waals surface area contributed by atoms with Crippen molar-refractivity contribution in [2.24, 2.45) is 0 Å². The number of anilines is 1. The Bertz CT molecular complexity index is 628. The van der Waals surface area contributed by atoms with Crippen LogP contribution in [0.3, 0.4) is 0 Å². The summed E-state index contributed by atoms with van der Waals surface area (Å²) in [5, 5.41) is 10.9. The van der Waals surface area contributed by atoms with Gasteiger partial charge >= 0.3 is 0 Å². The summed E-state index contributed by atoms with van der Waals surface area (Å²) in [4.78, 5) is 4.69. The summed E-state index contributed by atoms with van der Waals surface area (Å²) >= 11 is 5.86. The van der Waals surface area contributed by atoms with Crippen LogP contribution in [-0.2, 0) is 11.3 Å². The van der Waals surface area contributed by atoms with Crippen molar-refractivity contribution in [2.45, 2.75) is 12.7 Å². The number of nitrogens with zero attached hydrogens (tertiary/aromatic N) is 2. The van der Waals surface area contributed by atoms with E-state index in [0.29, 0.717) is 19.8 Å². The molecule has 2 aromatic rings. The van der Waals surface area contributed by atoms with Crippen LogP contribution in [0.1, 0.15) is 5.56 Å². The summed E-state index contributed by atoms with van der Waals surface area (Å²) < 4.78 is 5.62. The van der Waals surface area contributed by atoms with Gasteiger partial charge in [-0.3, -0.25) is 4.90 Å². The maximum Gasteiger partial charge on any atom is 0.0900 e. The van der Waals surface area contributed by atoms with E-state index in [1.165, 1.54) is 5.69 Å². The highest BCUT2D eigenvalue weighted by Crippen LogP contribution is 2.15. The van der Waals surface area contributed by atoms with Crippen LogP contribution in [0.25, 0.3) is 0 Å². The molecular weight excluding hydrogens is 336 g/mol. The van der Waals surface area contributed by atoms with E-state index in [1.54, 1.807) is 0 Å². The van der Waals surface area contributed by atoms with Crippen molar-refractivity contribution in [3.63, 3.8) is 0 Å². The lowest BCUT2D eigenvalue weighted by molar-refractivity contribution is 0.00914. The number of rotatable bonds is 7. The Morgan fingerprint density at radius 2 is 1.64 bits per heavy atom. The van der Waals surface area contributed by atoms with E-state index in [9.17, 15) is 5.11 Å². The molecule has 0 saturated carbocycles. The molecule has 1 aliphatic rings. The minimum Gasteiger partial charge on any atom is -0.389 e. The van der Waals surface area contributed by atoms with E-state index in [2.05, 4.69) is 34.1 Å². The number of benzene rings is 2. The fourth-order valence-electron chi connectivity index (χ4n) is 3.07. The van der Waals surface area contributed by atoms with E-state index in [1.807, 2.05) is 30.3 Å². The number of para-hydroxylation sites is 1. The third-order valence-electron chi connectivity index (χ3n) is 4.45. The maximum absolute atomic E-state index is 10.2. The topological polar surface area (TPSA) is 35.9 Å². The molecule has 0 unspecified atom stereocenters. The second-order valence-corrected chi connectivity index (χ2v) is 6.86. The van der Waals surface area contributed by atoms with Gasteiger partial charge in [0.1, 0.15) is 0 Å². The highest BCUT2D eigenvalue weighted by atomic mass is 35.5. The van der Waals surface area contributed by atoms with Crippen molar-refractivity contribution >= 4 is 17.3 Å². The van der Waals surface area contributed by atoms with Crippen LogP contribution in [0.2, 0.25) is 5.02 Å². The molecule has 1 aliphatic heterocycles. The summed E-state index contributed by atoms with van der Waals surface area (Å²) in [5.74, 6) is 0. The quantitative estimate of drug-likeness (QED) is 0.823. The molecule has 0 aromatic heterocycles. The molecule has 1 atom stereocenters. The first-order valence-electron chi connectivity index (χ1n) is 8.73. The van der Waals surface area contributed by atoms with Crippen LogP contribution in [0.5, 0.6) is 0 Å². The van der Waals surface area contributed by atoms with Gasteiger partial charge in [0, 0.05) is 43.4 Å². The van der Waals surface area contributed by atoms with Gasteiger partial charge in [0.25, 0.3) is 0 Å². The predicted octanol–water partition coefficient (Wildman–Crippen LogP) is 3.04. The Morgan fingerprint density at radius 3 is 2.32 bits per heavy atom. The molecule has 1 fully saturated rings. The molecule has 0 spiro atoms. The first-order chi connectivity index (χ1) is 12.2. The Labute approximate surface area is 154 Å². The zero-order valence-electron chi connectivity index (χ0n) is 14.4. The fraction of sp³-hybridized carbons (Fsp3) is 0.400. The first kappa shape index (κ1) is 18.2. The summed E-state index contributed by atoms with van der Waals surface area (Å²) in [7, 11) is 0. The lowest BCUT2D eigenvalue weighted by Gasteiger charge is -2.36. The van der Waals surface area contributed by atoms with Crippen molar-refractivity contribution < 1.29 is 9.84 Å². The molecular formula is C20H25ClN2O2. The number of hydrogen-bond acceptors (Lipinski definition) is 4. The van der Waals surface area contributed by atoms with Crippen molar-refractivity contribution in [3.05, 3.63) is 65.2 Å². The second kappa shape index (κ2) is 9.20. The van der Waals surface area contributed by atoms with E-state index in [-0.39, 0.29) is 0 Å². The third kappa shape index (κ3) is 5.72. The molecule has 5 heteroatoms. The van der Waals surface area contributed by atoms with Crippen molar-refractivity contribution in [1.82, 2.24) is 4.90 Å². The highest BCUT2D eigenvalue weighted by Gasteiger charge is 2.19. The average molecular weight is 361 g/mol. The molecule has 1 heterocycles. The number of aliphatic hydroxyl groups is 1. The lowest BCUT2D eigenvalue weighted by atomic mass is 10.2. The van der Waals surface area contributed by atoms with Gasteiger partial charge in [-0.25, -0.2) is 0 Å². The van der Waals surface area contributed by atoms with Gasteiger partial charge in [-0.15, -0.1) is 0 Å². The normalized spacial score (nSPS) is 16.8. The second-order valence-electron chi connectivity index (χ2n) is 6.42. The van der Waals surface area contributed by atoms with Gasteiger partial charge in [-0.2, -0.15) is 0 Å². The molecule has 0 radical (unpaired) electrons. The van der Waals surface area contributed by atoms with Crippen LogP contribution < -0.4 is 4.90 Å². The van der Waals surface area contributed by atoms with Gasteiger partial charge in [-0.05, 0) is 29.8 Å². The molecule has 0 bridgehead atoms. The van der Waals surface area contributed by atoms with E-state index < -0.39 is 6.10 Å². The number of β-amino-alcohol motifs (C(OH)–C–C–N with tert-alkyl or cyclic N) is 1. The number of ether oxygens (including phenoxy) is 1. The molecule has 1 saturated heterocycles. The van der Waals surface area contributed by atoms with Gasteiger partial charge in [0.15, 0.2) is 0 Å². The molecule has 134 valence electrons. The van der Waals surface area contributed by atoms with Crippen LogP contribution in [0.15, 0.2) is 54.6 Å². The van der Waals surface area contributed by atoms with E-state index >= 15 is 0 Å². The van der Waals surface area contributed by atoms with E-state index in [0.717, 1.165) is 36.8 Å². The Kier molecular flexibility index (Phi) is 6.70. The van der Waals surface area contributed by atoms with E-state index in [4.69, 9.17) is 16.3 Å². The molecule has 2 aromatic carbocycles. The van der Waals surface area contributed by atoms with Crippen LogP contribution in [0, 0.1) is 0 Å². The molecule has 4 nitrogen and oxygen atoms in total. The summed E-state index contributed by atoms with van der Waals surface area (Å²) in [6.45, 7) is 5.40. The highest BCUT2D eigenvalue weighted by molar-refractivity contribution is 6.30. The molecule has 25 heavy (non-hydrogen) atoms. The Hall–Kier alpha value is -1.59. The molecule has 0 amide bonds. The first-order valence-corrected chi connectivity index (χ1v) is 9.11. The molecule has 1 N–H and O–H groups in total. The fourth-order valence-corrected chi connectivity index (χ4v) is 3.20. The Morgan fingerprint density at radius 1 is 0.960 bits per heavy atom. The standard InChI is InChI=1S/C20H25ClN2O2/c21-18-8-6-17(7-9-18)15-25-16-20(24)14-22-10-12-23(13-11-22)19-4-2-1-3-5-19/h1-9,20,24H,10-16H2/t20-/m0/s1. The average Bonchev–Trinajstić information content (AvgIpc) is 2.65. The van der Waals surface area contributed by atoms with Crippen molar-refractivity contribution in [1.29, 1.82) is 0 Å². The van der Waals surface area contributed by atoms with Crippen molar-refractivity contribution in [2.75, 3.05) is 44.2 Å². The Balaban J connectivity index is 1.35. The summed E-state index contributed by atoms with van der Waals surface area (Å²) in [6.07, 6.45) is -0.462. The minimum absolute atomic E-state index is 0.349. The zero-order valence-corrected chi connectivity index (χ0v) is 15.1. The number of piperazine rings is 1.